The van der Waals surface area contributed by atoms with Gasteiger partial charge in [0.25, 0.3) is 0 Å². The largest absolute Gasteiger partial charge is 0.354 e. The van der Waals surface area contributed by atoms with Gasteiger partial charge in [-0.2, -0.15) is 0 Å². The number of imidazole rings is 1. The zero-order chi connectivity index (χ0) is 15.4. The molecule has 0 radical (unpaired) electrons. The minimum absolute atomic E-state index is 0.0919. The molecule has 0 saturated heterocycles. The first-order valence-corrected chi connectivity index (χ1v) is 8.44. The van der Waals surface area contributed by atoms with Crippen molar-refractivity contribution in [2.75, 3.05) is 13.1 Å². The Morgan fingerprint density at radius 2 is 2.32 bits per heavy atom. The summed E-state index contributed by atoms with van der Waals surface area (Å²) in [5.74, 6) is 1.19. The van der Waals surface area contributed by atoms with Crippen molar-refractivity contribution in [3.8, 4) is 0 Å². The number of nitrogens with zero attached hydrogens (tertiary/aromatic N) is 3. The van der Waals surface area contributed by atoms with Crippen molar-refractivity contribution in [1.82, 2.24) is 19.8 Å². The predicted octanol–water partition coefficient (Wildman–Crippen LogP) is 2.09. The van der Waals surface area contributed by atoms with E-state index in [0.717, 1.165) is 38.4 Å². The molecule has 1 N–H and O–H groups in total. The molecule has 5 nitrogen and oxygen atoms in total. The number of nitrogens with one attached hydrogen (secondary N) is 1. The lowest BCUT2D eigenvalue weighted by atomic mass is 9.97. The van der Waals surface area contributed by atoms with Gasteiger partial charge in [0, 0.05) is 32.0 Å². The van der Waals surface area contributed by atoms with E-state index in [1.807, 2.05) is 19.3 Å². The fourth-order valence-electron chi connectivity index (χ4n) is 3.31. The lowest BCUT2D eigenvalue weighted by Gasteiger charge is -2.31. The van der Waals surface area contributed by atoms with Gasteiger partial charge in [-0.1, -0.05) is 11.6 Å². The molecule has 1 unspecified atom stereocenters. The molecule has 1 atom stereocenters. The monoisotopic (exact) mass is 302 g/mol. The summed E-state index contributed by atoms with van der Waals surface area (Å²) in [4.78, 5) is 18.9. The first-order chi connectivity index (χ1) is 10.7. The van der Waals surface area contributed by atoms with Crippen LogP contribution in [0.4, 0.5) is 0 Å². The van der Waals surface area contributed by atoms with E-state index in [9.17, 15) is 4.79 Å². The summed E-state index contributed by atoms with van der Waals surface area (Å²) in [6, 6.07) is -0.0919. The maximum absolute atomic E-state index is 12.3. The Kier molecular flexibility index (Phi) is 4.93. The molecule has 22 heavy (non-hydrogen) atoms. The highest BCUT2D eigenvalue weighted by molar-refractivity contribution is 5.81. The van der Waals surface area contributed by atoms with Crippen molar-refractivity contribution in [1.29, 1.82) is 0 Å². The summed E-state index contributed by atoms with van der Waals surface area (Å²) >= 11 is 0. The number of hydrogen-bond donors (Lipinski definition) is 1. The fraction of sp³-hybridized carbons (Fsp3) is 0.647. The van der Waals surface area contributed by atoms with Gasteiger partial charge in [0.1, 0.15) is 5.82 Å². The molecule has 0 aromatic carbocycles. The van der Waals surface area contributed by atoms with Crippen LogP contribution in [-0.4, -0.2) is 39.5 Å². The number of carbonyl (C=O) groups excluding carboxylic acids is 1. The molecule has 0 fully saturated rings. The number of fused-ring (bicyclic) bond motifs is 1. The second kappa shape index (κ2) is 7.09. The van der Waals surface area contributed by atoms with Gasteiger partial charge in [0.2, 0.25) is 5.91 Å². The number of carbonyl (C=O) groups is 1. The highest BCUT2D eigenvalue weighted by Crippen LogP contribution is 2.19. The summed E-state index contributed by atoms with van der Waals surface area (Å²) < 4.78 is 2.16. The van der Waals surface area contributed by atoms with Crippen LogP contribution in [0.1, 0.15) is 44.9 Å². The molecule has 1 amide bonds. The van der Waals surface area contributed by atoms with E-state index < -0.39 is 0 Å². The van der Waals surface area contributed by atoms with Crippen molar-refractivity contribution < 1.29 is 4.79 Å². The van der Waals surface area contributed by atoms with E-state index >= 15 is 0 Å². The molecule has 3 rings (SSSR count). The Labute approximate surface area is 132 Å². The third kappa shape index (κ3) is 3.58. The van der Waals surface area contributed by atoms with Crippen molar-refractivity contribution in [3.63, 3.8) is 0 Å². The summed E-state index contributed by atoms with van der Waals surface area (Å²) in [6.07, 6.45) is 12.2. The minimum Gasteiger partial charge on any atom is -0.354 e. The van der Waals surface area contributed by atoms with Gasteiger partial charge in [0.15, 0.2) is 0 Å². The molecule has 0 bridgehead atoms. The Morgan fingerprint density at radius 3 is 3.14 bits per heavy atom. The predicted molar refractivity (Wildman–Crippen MR) is 86.3 cm³/mol. The Balaban J connectivity index is 1.45. The zero-order valence-corrected chi connectivity index (χ0v) is 13.4. The maximum Gasteiger partial charge on any atom is 0.237 e. The topological polar surface area (TPSA) is 50.2 Å². The van der Waals surface area contributed by atoms with Crippen LogP contribution in [0.5, 0.6) is 0 Å². The van der Waals surface area contributed by atoms with Crippen LogP contribution in [0.15, 0.2) is 24.0 Å². The van der Waals surface area contributed by atoms with E-state index in [1.165, 1.54) is 31.3 Å². The average Bonchev–Trinajstić information content (AvgIpc) is 3.02. The quantitative estimate of drug-likeness (QED) is 0.847. The maximum atomic E-state index is 12.3. The Morgan fingerprint density at radius 1 is 1.41 bits per heavy atom. The molecular formula is C17H26N4O. The number of amides is 1. The van der Waals surface area contributed by atoms with Gasteiger partial charge < -0.3 is 9.88 Å². The lowest BCUT2D eigenvalue weighted by Crippen LogP contribution is -2.48. The SMILES string of the molecule is CC(C(=O)NCCC1=CCCCC1)N1CCn2ccnc2C1. The number of hydrogen-bond acceptors (Lipinski definition) is 3. The van der Waals surface area contributed by atoms with E-state index in [4.69, 9.17) is 0 Å². The number of allylic oxidation sites excluding steroid dienone is 1. The van der Waals surface area contributed by atoms with Crippen molar-refractivity contribution in [3.05, 3.63) is 29.9 Å². The molecule has 5 heteroatoms. The molecule has 1 aliphatic carbocycles. The third-order valence-corrected chi connectivity index (χ3v) is 4.83. The van der Waals surface area contributed by atoms with E-state index in [2.05, 4.69) is 25.8 Å². The molecule has 1 aromatic rings. The molecule has 2 aliphatic rings. The smallest absolute Gasteiger partial charge is 0.237 e. The number of aromatic nitrogens is 2. The van der Waals surface area contributed by atoms with E-state index in [0.29, 0.717) is 0 Å². The first kappa shape index (κ1) is 15.3. The van der Waals surface area contributed by atoms with Crippen LogP contribution in [0, 0.1) is 0 Å². The Hall–Kier alpha value is -1.62. The van der Waals surface area contributed by atoms with Gasteiger partial charge in [-0.25, -0.2) is 4.98 Å². The summed E-state index contributed by atoms with van der Waals surface area (Å²) in [6.45, 7) is 5.33. The molecule has 120 valence electrons. The van der Waals surface area contributed by atoms with E-state index in [1.54, 1.807) is 0 Å². The molecule has 0 spiro atoms. The normalized spacial score (nSPS) is 20.1. The van der Waals surface area contributed by atoms with Crippen LogP contribution < -0.4 is 5.32 Å². The van der Waals surface area contributed by atoms with Crippen LogP contribution in [0.3, 0.4) is 0 Å². The van der Waals surface area contributed by atoms with E-state index in [-0.39, 0.29) is 11.9 Å². The van der Waals surface area contributed by atoms with Crippen LogP contribution in [-0.2, 0) is 17.9 Å². The second-order valence-corrected chi connectivity index (χ2v) is 6.33. The molecule has 1 aliphatic heterocycles. The fourth-order valence-corrected chi connectivity index (χ4v) is 3.31. The van der Waals surface area contributed by atoms with Crippen molar-refractivity contribution in [2.24, 2.45) is 0 Å². The van der Waals surface area contributed by atoms with Gasteiger partial charge in [0.05, 0.1) is 12.6 Å². The highest BCUT2D eigenvalue weighted by Gasteiger charge is 2.25. The van der Waals surface area contributed by atoms with Crippen LogP contribution in [0.25, 0.3) is 0 Å². The molecule has 1 aromatic heterocycles. The standard InChI is InChI=1S/C17H26N4O/c1-14(21-12-11-20-10-9-18-16(20)13-21)17(22)19-8-7-15-5-3-2-4-6-15/h5,9-10,14H,2-4,6-8,11-13H2,1H3,(H,19,22). The van der Waals surface area contributed by atoms with Crippen LogP contribution in [0.2, 0.25) is 0 Å². The average molecular weight is 302 g/mol. The second-order valence-electron chi connectivity index (χ2n) is 6.33. The minimum atomic E-state index is -0.0919. The molecule has 2 heterocycles. The van der Waals surface area contributed by atoms with Gasteiger partial charge in [-0.15, -0.1) is 0 Å². The first-order valence-electron chi connectivity index (χ1n) is 8.44. The van der Waals surface area contributed by atoms with Gasteiger partial charge >= 0.3 is 0 Å². The molecular weight excluding hydrogens is 276 g/mol. The summed E-state index contributed by atoms with van der Waals surface area (Å²) in [5, 5.41) is 3.10. The van der Waals surface area contributed by atoms with Gasteiger partial charge in [-0.3, -0.25) is 9.69 Å². The van der Waals surface area contributed by atoms with Crippen molar-refractivity contribution >= 4 is 5.91 Å². The molecule has 0 saturated carbocycles. The zero-order valence-electron chi connectivity index (χ0n) is 13.4. The lowest BCUT2D eigenvalue weighted by molar-refractivity contribution is -0.126. The Bertz CT molecular complexity index is 549. The van der Waals surface area contributed by atoms with Crippen LogP contribution >= 0.6 is 0 Å². The summed E-state index contributed by atoms with van der Waals surface area (Å²) in [7, 11) is 0. The third-order valence-electron chi connectivity index (χ3n) is 4.83. The highest BCUT2D eigenvalue weighted by atomic mass is 16.2. The van der Waals surface area contributed by atoms with Crippen molar-refractivity contribution in [2.45, 2.75) is 58.2 Å². The summed E-state index contributed by atoms with van der Waals surface area (Å²) in [5.41, 5.74) is 1.51. The number of rotatable bonds is 5. The van der Waals surface area contributed by atoms with Gasteiger partial charge in [-0.05, 0) is 39.0 Å².